The molecule has 0 aliphatic carbocycles. The molecule has 0 aromatic carbocycles. The first-order valence-electron chi connectivity index (χ1n) is 4.17. The minimum atomic E-state index is 0.789. The third-order valence-corrected chi connectivity index (χ3v) is 1.07. The van der Waals surface area contributed by atoms with Crippen LogP contribution in [-0.2, 0) is 4.79 Å². The van der Waals surface area contributed by atoms with Crippen molar-refractivity contribution >= 4 is 6.41 Å². The summed E-state index contributed by atoms with van der Waals surface area (Å²) < 4.78 is 0. The highest BCUT2D eigenvalue weighted by molar-refractivity contribution is 5.46. The fourth-order valence-electron chi connectivity index (χ4n) is 0.485. The van der Waals surface area contributed by atoms with Crippen LogP contribution in [0.4, 0.5) is 0 Å². The van der Waals surface area contributed by atoms with Gasteiger partial charge in [0.15, 0.2) is 0 Å². The Morgan fingerprint density at radius 3 is 2.36 bits per heavy atom. The van der Waals surface area contributed by atoms with Crippen molar-refractivity contribution in [1.29, 1.82) is 0 Å². The topological polar surface area (TPSA) is 32.3 Å². The van der Waals surface area contributed by atoms with Crippen LogP contribution in [0.5, 0.6) is 0 Å². The molecule has 11 heavy (non-hydrogen) atoms. The zero-order chi connectivity index (χ0) is 9.11. The quantitative estimate of drug-likeness (QED) is 0.474. The molecular formula is C8H20N2O. The molecule has 0 aliphatic rings. The van der Waals surface area contributed by atoms with Crippen LogP contribution < -0.4 is 5.32 Å². The standard InChI is InChI=1S/C6H14N2O.C2H6/c1-3-7-4-5-8(2)6-9;1-2/h6-7H,3-5H2,1-2H3;1-2H3. The van der Waals surface area contributed by atoms with Crippen LogP contribution in [0.3, 0.4) is 0 Å². The fourth-order valence-corrected chi connectivity index (χ4v) is 0.485. The molecule has 0 saturated carbocycles. The van der Waals surface area contributed by atoms with Crippen LogP contribution in [0, 0.1) is 0 Å². The molecule has 0 spiro atoms. The Labute approximate surface area is 69.8 Å². The third-order valence-electron chi connectivity index (χ3n) is 1.07. The summed E-state index contributed by atoms with van der Waals surface area (Å²) >= 11 is 0. The Bertz CT molecular complexity index is 76.5. The van der Waals surface area contributed by atoms with Crippen molar-refractivity contribution < 1.29 is 4.79 Å². The number of amides is 1. The van der Waals surface area contributed by atoms with Gasteiger partial charge >= 0.3 is 0 Å². The molecule has 0 unspecified atom stereocenters. The highest BCUT2D eigenvalue weighted by Crippen LogP contribution is 1.70. The number of nitrogens with one attached hydrogen (secondary N) is 1. The van der Waals surface area contributed by atoms with E-state index in [9.17, 15) is 4.79 Å². The van der Waals surface area contributed by atoms with E-state index in [2.05, 4.69) is 5.32 Å². The first kappa shape index (κ1) is 13.1. The van der Waals surface area contributed by atoms with Crippen LogP contribution in [0.25, 0.3) is 0 Å². The molecule has 0 atom stereocenters. The average Bonchev–Trinajstić information content (AvgIpc) is 2.08. The smallest absolute Gasteiger partial charge is 0.209 e. The lowest BCUT2D eigenvalue weighted by molar-refractivity contribution is -0.116. The highest BCUT2D eigenvalue weighted by atomic mass is 16.1. The maximum absolute atomic E-state index is 10.00. The van der Waals surface area contributed by atoms with Crippen molar-refractivity contribution in [3.8, 4) is 0 Å². The van der Waals surface area contributed by atoms with Crippen molar-refractivity contribution in [1.82, 2.24) is 10.2 Å². The number of likely N-dealkylation sites (N-methyl/N-ethyl adjacent to an activating group) is 2. The average molecular weight is 160 g/mol. The van der Waals surface area contributed by atoms with Crippen molar-refractivity contribution in [2.24, 2.45) is 0 Å². The molecule has 0 radical (unpaired) electrons. The van der Waals surface area contributed by atoms with Gasteiger partial charge in [-0.05, 0) is 6.54 Å². The summed E-state index contributed by atoms with van der Waals surface area (Å²) in [4.78, 5) is 11.6. The lowest BCUT2D eigenvalue weighted by Gasteiger charge is -2.09. The lowest BCUT2D eigenvalue weighted by atomic mass is 10.5. The Morgan fingerprint density at radius 2 is 2.00 bits per heavy atom. The van der Waals surface area contributed by atoms with Crippen LogP contribution >= 0.6 is 0 Å². The summed E-state index contributed by atoms with van der Waals surface area (Å²) in [7, 11) is 1.77. The van der Waals surface area contributed by atoms with Gasteiger partial charge in [0.1, 0.15) is 0 Å². The van der Waals surface area contributed by atoms with E-state index in [1.807, 2.05) is 20.8 Å². The summed E-state index contributed by atoms with van der Waals surface area (Å²) in [5.74, 6) is 0. The van der Waals surface area contributed by atoms with Crippen molar-refractivity contribution in [2.75, 3.05) is 26.7 Å². The predicted octanol–water partition coefficient (Wildman–Crippen LogP) is 0.710. The lowest BCUT2D eigenvalue weighted by Crippen LogP contribution is -2.27. The first-order chi connectivity index (χ1) is 5.31. The Morgan fingerprint density at radius 1 is 1.45 bits per heavy atom. The van der Waals surface area contributed by atoms with Crippen LogP contribution in [-0.4, -0.2) is 38.0 Å². The summed E-state index contributed by atoms with van der Waals surface area (Å²) in [5, 5.41) is 3.11. The molecule has 0 fully saturated rings. The van der Waals surface area contributed by atoms with Crippen molar-refractivity contribution in [2.45, 2.75) is 20.8 Å². The van der Waals surface area contributed by atoms with Gasteiger partial charge in [-0.3, -0.25) is 4.79 Å². The van der Waals surface area contributed by atoms with Gasteiger partial charge < -0.3 is 10.2 Å². The van der Waals surface area contributed by atoms with E-state index in [1.165, 1.54) is 0 Å². The minimum Gasteiger partial charge on any atom is -0.347 e. The minimum absolute atomic E-state index is 0.789. The summed E-state index contributed by atoms with van der Waals surface area (Å²) in [6.45, 7) is 8.68. The van der Waals surface area contributed by atoms with Crippen LogP contribution in [0.1, 0.15) is 20.8 Å². The molecule has 3 nitrogen and oxygen atoms in total. The molecule has 0 saturated heterocycles. The number of carbonyl (C=O) groups excluding carboxylic acids is 1. The number of rotatable bonds is 5. The summed E-state index contributed by atoms with van der Waals surface area (Å²) in [6.07, 6.45) is 0.831. The van der Waals surface area contributed by atoms with Gasteiger partial charge in [-0.15, -0.1) is 0 Å². The number of carbonyl (C=O) groups is 1. The van der Waals surface area contributed by atoms with E-state index in [0.29, 0.717) is 0 Å². The van der Waals surface area contributed by atoms with Crippen molar-refractivity contribution in [3.05, 3.63) is 0 Å². The first-order valence-corrected chi connectivity index (χ1v) is 4.17. The van der Waals surface area contributed by atoms with Gasteiger partial charge in [0.25, 0.3) is 0 Å². The maximum atomic E-state index is 10.00. The molecule has 1 amide bonds. The maximum Gasteiger partial charge on any atom is 0.209 e. The van der Waals surface area contributed by atoms with E-state index in [0.717, 1.165) is 26.0 Å². The molecule has 0 aromatic heterocycles. The summed E-state index contributed by atoms with van der Waals surface area (Å²) in [6, 6.07) is 0. The molecule has 0 aromatic rings. The number of nitrogens with zero attached hydrogens (tertiary/aromatic N) is 1. The Balaban J connectivity index is 0. The van der Waals surface area contributed by atoms with Gasteiger partial charge in [-0.1, -0.05) is 20.8 Å². The molecule has 0 aliphatic heterocycles. The Kier molecular flexibility index (Phi) is 14.4. The van der Waals surface area contributed by atoms with Gasteiger partial charge in [0, 0.05) is 20.1 Å². The normalized spacial score (nSPS) is 8.00. The third kappa shape index (κ3) is 12.6. The van der Waals surface area contributed by atoms with Crippen LogP contribution in [0.2, 0.25) is 0 Å². The van der Waals surface area contributed by atoms with Gasteiger partial charge in [0.05, 0.1) is 0 Å². The molecule has 0 bridgehead atoms. The number of hydrogen-bond acceptors (Lipinski definition) is 2. The van der Waals surface area contributed by atoms with E-state index < -0.39 is 0 Å². The molecule has 3 heteroatoms. The summed E-state index contributed by atoms with van der Waals surface area (Å²) in [5.41, 5.74) is 0. The Hall–Kier alpha value is -0.570. The van der Waals surface area contributed by atoms with Crippen molar-refractivity contribution in [3.63, 3.8) is 0 Å². The zero-order valence-corrected chi connectivity index (χ0v) is 8.05. The SMILES string of the molecule is CC.CCNCCN(C)C=O. The molecular weight excluding hydrogens is 140 g/mol. The number of hydrogen-bond donors (Lipinski definition) is 1. The molecule has 0 rings (SSSR count). The van der Waals surface area contributed by atoms with E-state index >= 15 is 0 Å². The van der Waals surface area contributed by atoms with Crippen LogP contribution in [0.15, 0.2) is 0 Å². The predicted molar refractivity (Wildman–Crippen MR) is 48.6 cm³/mol. The second kappa shape index (κ2) is 12.1. The zero-order valence-electron chi connectivity index (χ0n) is 8.05. The molecule has 68 valence electrons. The monoisotopic (exact) mass is 160 g/mol. The largest absolute Gasteiger partial charge is 0.347 e. The molecule has 1 N–H and O–H groups in total. The van der Waals surface area contributed by atoms with Gasteiger partial charge in [0.2, 0.25) is 6.41 Å². The van der Waals surface area contributed by atoms with E-state index in [4.69, 9.17) is 0 Å². The van der Waals surface area contributed by atoms with Gasteiger partial charge in [-0.2, -0.15) is 0 Å². The molecule has 0 heterocycles. The second-order valence-corrected chi connectivity index (χ2v) is 1.94. The van der Waals surface area contributed by atoms with Gasteiger partial charge in [-0.25, -0.2) is 0 Å². The van der Waals surface area contributed by atoms with E-state index in [1.54, 1.807) is 11.9 Å². The second-order valence-electron chi connectivity index (χ2n) is 1.94. The van der Waals surface area contributed by atoms with E-state index in [-0.39, 0.29) is 0 Å². The fraction of sp³-hybridized carbons (Fsp3) is 0.875. The highest BCUT2D eigenvalue weighted by Gasteiger charge is 1.88.